The molecule has 0 N–H and O–H groups in total. The maximum absolute atomic E-state index is 12.6. The fourth-order valence-electron chi connectivity index (χ4n) is 2.81. The minimum absolute atomic E-state index is 0.113. The summed E-state index contributed by atoms with van der Waals surface area (Å²) >= 11 is 5.82. The number of ketones is 1. The zero-order valence-electron chi connectivity index (χ0n) is 14.2. The van der Waals surface area contributed by atoms with Crippen LogP contribution in [-0.4, -0.2) is 30.0 Å². The van der Waals surface area contributed by atoms with Gasteiger partial charge < -0.3 is 14.0 Å². The Morgan fingerprint density at radius 1 is 1.17 bits per heavy atom. The van der Waals surface area contributed by atoms with Crippen molar-refractivity contribution in [2.45, 2.75) is 27.3 Å². The SMILES string of the molecule is CCn1c(C)c(C(=O)COc2ccc(Cl)cc2)c(C)c1C(=O)OC. The second kappa shape index (κ2) is 7.53. The zero-order chi connectivity index (χ0) is 17.9. The van der Waals surface area contributed by atoms with Crippen molar-refractivity contribution in [3.63, 3.8) is 0 Å². The quantitative estimate of drug-likeness (QED) is 0.587. The predicted molar refractivity (Wildman–Crippen MR) is 92.2 cm³/mol. The molecule has 0 saturated carbocycles. The number of halogens is 1. The Hall–Kier alpha value is -2.27. The molecule has 0 radical (unpaired) electrons. The third kappa shape index (κ3) is 3.46. The van der Waals surface area contributed by atoms with Crippen LogP contribution < -0.4 is 4.74 Å². The number of methoxy groups -OCH3 is 1. The normalized spacial score (nSPS) is 10.5. The lowest BCUT2D eigenvalue weighted by molar-refractivity contribution is 0.0587. The molecular weight excluding hydrogens is 330 g/mol. The highest BCUT2D eigenvalue weighted by atomic mass is 35.5. The number of esters is 1. The average molecular weight is 350 g/mol. The molecule has 0 saturated heterocycles. The number of benzene rings is 1. The van der Waals surface area contributed by atoms with Gasteiger partial charge in [-0.1, -0.05) is 11.6 Å². The number of rotatable bonds is 6. The first kappa shape index (κ1) is 18.1. The van der Waals surface area contributed by atoms with Gasteiger partial charge in [-0.3, -0.25) is 4.79 Å². The van der Waals surface area contributed by atoms with E-state index in [0.29, 0.717) is 34.1 Å². The highest BCUT2D eigenvalue weighted by Crippen LogP contribution is 2.24. The monoisotopic (exact) mass is 349 g/mol. The molecular formula is C18H20ClNO4. The molecule has 0 fully saturated rings. The van der Waals surface area contributed by atoms with Crippen LogP contribution in [0, 0.1) is 13.8 Å². The van der Waals surface area contributed by atoms with Gasteiger partial charge in [-0.05, 0) is 50.6 Å². The largest absolute Gasteiger partial charge is 0.485 e. The smallest absolute Gasteiger partial charge is 0.354 e. The summed E-state index contributed by atoms with van der Waals surface area (Å²) in [7, 11) is 1.33. The molecule has 1 heterocycles. The number of Topliss-reactive ketones (excluding diaryl/α,β-unsaturated/α-hetero) is 1. The number of aromatic nitrogens is 1. The van der Waals surface area contributed by atoms with Crippen molar-refractivity contribution in [1.82, 2.24) is 4.57 Å². The van der Waals surface area contributed by atoms with Crippen molar-refractivity contribution in [1.29, 1.82) is 0 Å². The van der Waals surface area contributed by atoms with Crippen molar-refractivity contribution in [3.05, 3.63) is 51.8 Å². The molecule has 0 amide bonds. The summed E-state index contributed by atoms with van der Waals surface area (Å²) in [5.41, 5.74) is 2.27. The standard InChI is InChI=1S/C18H20ClNO4/c1-5-20-12(3)16(11(2)17(20)18(22)23-4)15(21)10-24-14-8-6-13(19)7-9-14/h6-9H,5,10H2,1-4H3. The minimum atomic E-state index is -0.449. The lowest BCUT2D eigenvalue weighted by atomic mass is 10.1. The Morgan fingerprint density at radius 3 is 2.33 bits per heavy atom. The van der Waals surface area contributed by atoms with Crippen molar-refractivity contribution >= 4 is 23.4 Å². The molecule has 5 nitrogen and oxygen atoms in total. The fourth-order valence-corrected chi connectivity index (χ4v) is 2.94. The van der Waals surface area contributed by atoms with Crippen LogP contribution in [-0.2, 0) is 11.3 Å². The van der Waals surface area contributed by atoms with Gasteiger partial charge in [0.2, 0.25) is 5.78 Å². The molecule has 2 rings (SSSR count). The highest BCUT2D eigenvalue weighted by molar-refractivity contribution is 6.30. The summed E-state index contributed by atoms with van der Waals surface area (Å²) in [4.78, 5) is 24.6. The summed E-state index contributed by atoms with van der Waals surface area (Å²) < 4.78 is 12.1. The fraction of sp³-hybridized carbons (Fsp3) is 0.333. The van der Waals surface area contributed by atoms with E-state index in [1.807, 2.05) is 13.8 Å². The van der Waals surface area contributed by atoms with E-state index in [1.165, 1.54) is 7.11 Å². The summed E-state index contributed by atoms with van der Waals surface area (Å²) in [6.45, 7) is 5.94. The second-order valence-corrected chi connectivity index (χ2v) is 5.77. The third-order valence-corrected chi connectivity index (χ3v) is 4.18. The Kier molecular flexibility index (Phi) is 5.67. The molecule has 0 aliphatic rings. The predicted octanol–water partition coefficient (Wildman–Crippen LogP) is 3.83. The Morgan fingerprint density at radius 2 is 1.79 bits per heavy atom. The highest BCUT2D eigenvalue weighted by Gasteiger charge is 2.26. The van der Waals surface area contributed by atoms with Gasteiger partial charge in [-0.25, -0.2) is 4.79 Å². The van der Waals surface area contributed by atoms with Crippen LogP contribution in [0.2, 0.25) is 5.02 Å². The van der Waals surface area contributed by atoms with Gasteiger partial charge in [-0.2, -0.15) is 0 Å². The van der Waals surface area contributed by atoms with E-state index in [2.05, 4.69) is 0 Å². The number of hydrogen-bond acceptors (Lipinski definition) is 4. The molecule has 0 aliphatic heterocycles. The van der Waals surface area contributed by atoms with Gasteiger partial charge >= 0.3 is 5.97 Å². The number of nitrogens with zero attached hydrogens (tertiary/aromatic N) is 1. The van der Waals surface area contributed by atoms with E-state index in [-0.39, 0.29) is 12.4 Å². The molecule has 1 aromatic heterocycles. The number of carbonyl (C=O) groups is 2. The first-order valence-corrected chi connectivity index (χ1v) is 7.98. The summed E-state index contributed by atoms with van der Waals surface area (Å²) in [5, 5.41) is 0.600. The molecule has 0 aliphatic carbocycles. The number of hydrogen-bond donors (Lipinski definition) is 0. The van der Waals surface area contributed by atoms with Crippen molar-refractivity contribution in [2.24, 2.45) is 0 Å². The zero-order valence-corrected chi connectivity index (χ0v) is 14.9. The molecule has 0 bridgehead atoms. The van der Waals surface area contributed by atoms with Gasteiger partial charge in [0.1, 0.15) is 11.4 Å². The Bertz CT molecular complexity index is 762. The number of ether oxygens (including phenoxy) is 2. The van der Waals surface area contributed by atoms with Crippen LogP contribution in [0.15, 0.2) is 24.3 Å². The molecule has 1 aromatic carbocycles. The molecule has 0 unspecified atom stereocenters. The van der Waals surface area contributed by atoms with Crippen LogP contribution >= 0.6 is 11.6 Å². The first-order chi connectivity index (χ1) is 11.4. The number of carbonyl (C=O) groups excluding carboxylic acids is 2. The van der Waals surface area contributed by atoms with Crippen LogP contribution in [0.3, 0.4) is 0 Å². The van der Waals surface area contributed by atoms with Crippen molar-refractivity contribution < 1.29 is 19.1 Å². The molecule has 128 valence electrons. The Labute approximate surface area is 146 Å². The van der Waals surface area contributed by atoms with Gasteiger partial charge in [0, 0.05) is 22.8 Å². The topological polar surface area (TPSA) is 57.5 Å². The summed E-state index contributed by atoms with van der Waals surface area (Å²) in [6.07, 6.45) is 0. The molecule has 6 heteroatoms. The van der Waals surface area contributed by atoms with Crippen LogP contribution in [0.1, 0.15) is 39.0 Å². The molecule has 24 heavy (non-hydrogen) atoms. The average Bonchev–Trinajstić information content (AvgIpc) is 2.83. The second-order valence-electron chi connectivity index (χ2n) is 5.34. The minimum Gasteiger partial charge on any atom is -0.485 e. The van der Waals surface area contributed by atoms with Gasteiger partial charge in [0.15, 0.2) is 6.61 Å². The maximum Gasteiger partial charge on any atom is 0.354 e. The van der Waals surface area contributed by atoms with Gasteiger partial charge in [0.25, 0.3) is 0 Å². The van der Waals surface area contributed by atoms with Crippen LogP contribution in [0.4, 0.5) is 0 Å². The van der Waals surface area contributed by atoms with Crippen molar-refractivity contribution in [3.8, 4) is 5.75 Å². The molecule has 0 spiro atoms. The summed E-state index contributed by atoms with van der Waals surface area (Å²) in [6, 6.07) is 6.79. The summed E-state index contributed by atoms with van der Waals surface area (Å²) in [5.74, 6) is -0.0707. The van der Waals surface area contributed by atoms with E-state index >= 15 is 0 Å². The van der Waals surface area contributed by atoms with E-state index in [9.17, 15) is 9.59 Å². The van der Waals surface area contributed by atoms with Crippen molar-refractivity contribution in [2.75, 3.05) is 13.7 Å². The maximum atomic E-state index is 12.6. The van der Waals surface area contributed by atoms with E-state index in [1.54, 1.807) is 35.8 Å². The molecule has 0 atom stereocenters. The van der Waals surface area contributed by atoms with Crippen LogP contribution in [0.5, 0.6) is 5.75 Å². The lowest BCUT2D eigenvalue weighted by Crippen LogP contribution is -2.13. The van der Waals surface area contributed by atoms with Gasteiger partial charge in [0.05, 0.1) is 7.11 Å². The molecule has 2 aromatic rings. The van der Waals surface area contributed by atoms with E-state index < -0.39 is 5.97 Å². The lowest BCUT2D eigenvalue weighted by Gasteiger charge is -2.07. The first-order valence-electron chi connectivity index (χ1n) is 7.60. The van der Waals surface area contributed by atoms with Crippen LogP contribution in [0.25, 0.3) is 0 Å². The Balaban J connectivity index is 2.27. The third-order valence-electron chi connectivity index (χ3n) is 3.92. The van der Waals surface area contributed by atoms with E-state index in [0.717, 1.165) is 5.69 Å². The van der Waals surface area contributed by atoms with Gasteiger partial charge in [-0.15, -0.1) is 0 Å². The van der Waals surface area contributed by atoms with E-state index in [4.69, 9.17) is 21.1 Å².